The first-order chi connectivity index (χ1) is 5.91. The van der Waals surface area contributed by atoms with E-state index < -0.39 is 0 Å². The van der Waals surface area contributed by atoms with Crippen LogP contribution in [0.4, 0.5) is 0 Å². The van der Waals surface area contributed by atoms with Gasteiger partial charge in [-0.25, -0.2) is 6.57 Å². The zero-order chi connectivity index (χ0) is 9.07. The molecule has 0 aliphatic heterocycles. The molecule has 0 aliphatic rings. The van der Waals surface area contributed by atoms with Gasteiger partial charge < -0.3 is 19.6 Å². The van der Waals surface area contributed by atoms with Gasteiger partial charge in [-0.3, -0.25) is 0 Å². The highest BCUT2D eigenvalue weighted by atomic mass is 16.5. The second-order valence-corrected chi connectivity index (χ2v) is 2.21. The summed E-state index contributed by atoms with van der Waals surface area (Å²) in [7, 11) is 1.88. The van der Waals surface area contributed by atoms with Crippen molar-refractivity contribution < 1.29 is 9.47 Å². The average molecular weight is 172 g/mol. The van der Waals surface area contributed by atoms with Gasteiger partial charge in [0.05, 0.1) is 19.8 Å². The van der Waals surface area contributed by atoms with Gasteiger partial charge in [-0.15, -0.1) is 0 Å². The molecule has 0 amide bonds. The molecule has 0 fully saturated rings. The van der Waals surface area contributed by atoms with Gasteiger partial charge in [0.25, 0.3) is 0 Å². The zero-order valence-corrected chi connectivity index (χ0v) is 7.51. The lowest BCUT2D eigenvalue weighted by Crippen LogP contribution is -2.16. The molecule has 0 rings (SSSR count). The highest BCUT2D eigenvalue weighted by Crippen LogP contribution is 1.78. The molecule has 0 radical (unpaired) electrons. The molecule has 4 heteroatoms. The van der Waals surface area contributed by atoms with E-state index in [0.29, 0.717) is 33.0 Å². The number of ether oxygens (including phenoxy) is 2. The van der Waals surface area contributed by atoms with Gasteiger partial charge in [-0.05, 0) is 7.05 Å². The molecule has 0 saturated heterocycles. The van der Waals surface area contributed by atoms with E-state index in [1.54, 1.807) is 0 Å². The molecule has 0 saturated carbocycles. The maximum absolute atomic E-state index is 6.48. The van der Waals surface area contributed by atoms with E-state index in [1.165, 1.54) is 0 Å². The van der Waals surface area contributed by atoms with Crippen LogP contribution in [0, 0.1) is 6.57 Å². The smallest absolute Gasteiger partial charge is 0.237 e. The Bertz CT molecular complexity index is 123. The molecule has 4 nitrogen and oxygen atoms in total. The van der Waals surface area contributed by atoms with Gasteiger partial charge in [-0.2, -0.15) is 0 Å². The molecule has 0 aliphatic carbocycles. The van der Waals surface area contributed by atoms with Gasteiger partial charge in [0.1, 0.15) is 6.61 Å². The number of hydrogen-bond acceptors (Lipinski definition) is 3. The van der Waals surface area contributed by atoms with Gasteiger partial charge in [0.2, 0.25) is 6.54 Å². The molecule has 1 N–H and O–H groups in total. The molecular formula is C8H16N2O2. The highest BCUT2D eigenvalue weighted by molar-refractivity contribution is 4.55. The van der Waals surface area contributed by atoms with Crippen molar-refractivity contribution in [2.24, 2.45) is 0 Å². The molecular weight excluding hydrogens is 156 g/mol. The Hall–Kier alpha value is -0.630. The van der Waals surface area contributed by atoms with Crippen molar-refractivity contribution in [2.75, 3.05) is 46.6 Å². The van der Waals surface area contributed by atoms with Crippen LogP contribution in [-0.2, 0) is 9.47 Å². The molecule has 0 bridgehead atoms. The minimum absolute atomic E-state index is 0.441. The van der Waals surface area contributed by atoms with E-state index >= 15 is 0 Å². The summed E-state index contributed by atoms with van der Waals surface area (Å²) in [5.74, 6) is 0. The summed E-state index contributed by atoms with van der Waals surface area (Å²) < 4.78 is 10.3. The van der Waals surface area contributed by atoms with Crippen LogP contribution in [0.15, 0.2) is 0 Å². The number of hydrogen-bond donors (Lipinski definition) is 1. The highest BCUT2D eigenvalue weighted by Gasteiger charge is 1.89. The summed E-state index contributed by atoms with van der Waals surface area (Å²) in [6.07, 6.45) is 0. The first-order valence-electron chi connectivity index (χ1n) is 4.05. The van der Waals surface area contributed by atoms with Crippen molar-refractivity contribution in [3.63, 3.8) is 0 Å². The Balaban J connectivity index is 2.78. The van der Waals surface area contributed by atoms with Gasteiger partial charge in [0.15, 0.2) is 0 Å². The van der Waals surface area contributed by atoms with Crippen molar-refractivity contribution in [1.29, 1.82) is 0 Å². The van der Waals surface area contributed by atoms with E-state index in [9.17, 15) is 0 Å². The maximum atomic E-state index is 6.48. The summed E-state index contributed by atoms with van der Waals surface area (Å²) in [5.41, 5.74) is 0. The third-order valence-electron chi connectivity index (χ3n) is 1.22. The van der Waals surface area contributed by atoms with Crippen molar-refractivity contribution in [3.05, 3.63) is 11.4 Å². The minimum atomic E-state index is 0.441. The fourth-order valence-corrected chi connectivity index (χ4v) is 0.606. The van der Waals surface area contributed by atoms with Crippen LogP contribution in [0.3, 0.4) is 0 Å². The molecule has 0 atom stereocenters. The molecule has 0 spiro atoms. The standard InChI is InChI=1S/C8H16N2O2/c1-9-3-5-11-7-8-12-6-4-10-2/h9H,3-8H2,1H3. The van der Waals surface area contributed by atoms with E-state index in [1.807, 2.05) is 7.05 Å². The van der Waals surface area contributed by atoms with E-state index in [2.05, 4.69) is 10.2 Å². The predicted molar refractivity (Wildman–Crippen MR) is 47.0 cm³/mol. The maximum Gasteiger partial charge on any atom is 0.237 e. The van der Waals surface area contributed by atoms with Crippen LogP contribution in [0.5, 0.6) is 0 Å². The third kappa shape index (κ3) is 9.37. The summed E-state index contributed by atoms with van der Waals surface area (Å²) in [4.78, 5) is 3.16. The van der Waals surface area contributed by atoms with Crippen molar-refractivity contribution >= 4 is 0 Å². The molecule has 0 unspecified atom stereocenters. The monoisotopic (exact) mass is 172 g/mol. The number of likely N-dealkylation sites (N-methyl/N-ethyl adjacent to an activating group) is 1. The normalized spacial score (nSPS) is 9.67. The Morgan fingerprint density at radius 1 is 1.17 bits per heavy atom. The van der Waals surface area contributed by atoms with Crippen LogP contribution in [0.1, 0.15) is 0 Å². The van der Waals surface area contributed by atoms with Gasteiger partial charge >= 0.3 is 0 Å². The second-order valence-electron chi connectivity index (χ2n) is 2.21. The number of rotatable bonds is 8. The van der Waals surface area contributed by atoms with Crippen LogP contribution in [0.2, 0.25) is 0 Å². The quantitative estimate of drug-likeness (QED) is 0.418. The summed E-state index contributed by atoms with van der Waals surface area (Å²) >= 11 is 0. The molecule has 70 valence electrons. The fourth-order valence-electron chi connectivity index (χ4n) is 0.606. The van der Waals surface area contributed by atoms with E-state index in [4.69, 9.17) is 16.0 Å². The Morgan fingerprint density at radius 3 is 2.42 bits per heavy atom. The molecule has 0 aromatic rings. The first-order valence-corrected chi connectivity index (χ1v) is 4.05. The van der Waals surface area contributed by atoms with Crippen LogP contribution >= 0.6 is 0 Å². The van der Waals surface area contributed by atoms with E-state index in [-0.39, 0.29) is 0 Å². The molecule has 0 aromatic heterocycles. The fraction of sp³-hybridized carbons (Fsp3) is 0.875. The van der Waals surface area contributed by atoms with E-state index in [0.717, 1.165) is 6.54 Å². The van der Waals surface area contributed by atoms with Crippen molar-refractivity contribution in [3.8, 4) is 0 Å². The Morgan fingerprint density at radius 2 is 1.83 bits per heavy atom. The first kappa shape index (κ1) is 11.4. The van der Waals surface area contributed by atoms with Gasteiger partial charge in [0, 0.05) is 6.54 Å². The molecule has 0 heterocycles. The predicted octanol–water partition coefficient (Wildman–Crippen LogP) is 0.158. The molecule has 12 heavy (non-hydrogen) atoms. The largest absolute Gasteiger partial charge is 0.378 e. The average Bonchev–Trinajstić information content (AvgIpc) is 2.10. The lowest BCUT2D eigenvalue weighted by atomic mass is 10.6. The number of nitrogens with zero attached hydrogens (tertiary/aromatic N) is 1. The summed E-state index contributed by atoms with van der Waals surface area (Å²) in [6, 6.07) is 0. The second kappa shape index (κ2) is 10.4. The Kier molecular flexibility index (Phi) is 9.83. The van der Waals surface area contributed by atoms with Crippen molar-refractivity contribution in [2.45, 2.75) is 0 Å². The topological polar surface area (TPSA) is 34.9 Å². The Labute approximate surface area is 73.7 Å². The SMILES string of the molecule is [C-]#[N+]CCOCCOCCNC. The van der Waals surface area contributed by atoms with Crippen molar-refractivity contribution in [1.82, 2.24) is 5.32 Å². The third-order valence-corrected chi connectivity index (χ3v) is 1.22. The minimum Gasteiger partial charge on any atom is -0.378 e. The van der Waals surface area contributed by atoms with Gasteiger partial charge in [-0.1, -0.05) is 0 Å². The van der Waals surface area contributed by atoms with Crippen LogP contribution < -0.4 is 5.32 Å². The number of nitrogens with one attached hydrogen (secondary N) is 1. The lowest BCUT2D eigenvalue weighted by Gasteiger charge is -2.02. The summed E-state index contributed by atoms with van der Waals surface area (Å²) in [6.45, 7) is 10.2. The summed E-state index contributed by atoms with van der Waals surface area (Å²) in [5, 5.41) is 2.97. The zero-order valence-electron chi connectivity index (χ0n) is 7.51. The molecule has 0 aromatic carbocycles. The van der Waals surface area contributed by atoms with Crippen LogP contribution in [0.25, 0.3) is 4.85 Å². The van der Waals surface area contributed by atoms with Crippen LogP contribution in [-0.4, -0.2) is 46.6 Å². The lowest BCUT2D eigenvalue weighted by molar-refractivity contribution is 0.0538.